The van der Waals surface area contributed by atoms with Crippen molar-refractivity contribution < 1.29 is 14.4 Å². The Morgan fingerprint density at radius 3 is 2.48 bits per heavy atom. The standard InChI is InChI=1S/C21H30N4O3.ClH/c1-14-10-15(2)12-17(11-14)25-9-5-18(21(25)28)20(27)24-8-3-4-16(13-24)19(26)23-7-6-22;/h10-12,16,18H,3-9,13,22H2,1-2H3,(H,23,26);1H. The minimum absolute atomic E-state index is 0. The van der Waals surface area contributed by atoms with E-state index in [2.05, 4.69) is 11.4 Å². The Morgan fingerprint density at radius 1 is 1.14 bits per heavy atom. The van der Waals surface area contributed by atoms with E-state index >= 15 is 0 Å². The summed E-state index contributed by atoms with van der Waals surface area (Å²) in [6.07, 6.45) is 2.05. The van der Waals surface area contributed by atoms with Crippen LogP contribution in [0.4, 0.5) is 5.69 Å². The molecule has 0 saturated carbocycles. The Labute approximate surface area is 178 Å². The van der Waals surface area contributed by atoms with Gasteiger partial charge in [0.05, 0.1) is 5.92 Å². The highest BCUT2D eigenvalue weighted by molar-refractivity contribution is 6.09. The van der Waals surface area contributed by atoms with Gasteiger partial charge in [0, 0.05) is 38.4 Å². The van der Waals surface area contributed by atoms with Gasteiger partial charge in [0.15, 0.2) is 0 Å². The second kappa shape index (κ2) is 10.1. The number of benzene rings is 1. The van der Waals surface area contributed by atoms with Gasteiger partial charge >= 0.3 is 0 Å². The molecule has 2 fully saturated rings. The number of nitrogens with two attached hydrogens (primary N) is 1. The van der Waals surface area contributed by atoms with E-state index in [1.54, 1.807) is 9.80 Å². The fourth-order valence-electron chi connectivity index (χ4n) is 4.22. The van der Waals surface area contributed by atoms with Crippen LogP contribution in [0.2, 0.25) is 0 Å². The van der Waals surface area contributed by atoms with Crippen molar-refractivity contribution in [3.63, 3.8) is 0 Å². The Balaban J connectivity index is 0.00000300. The number of anilines is 1. The largest absolute Gasteiger partial charge is 0.355 e. The van der Waals surface area contributed by atoms with Gasteiger partial charge in [0.1, 0.15) is 5.92 Å². The van der Waals surface area contributed by atoms with E-state index in [1.807, 2.05) is 26.0 Å². The van der Waals surface area contributed by atoms with Gasteiger partial charge in [-0.2, -0.15) is 0 Å². The van der Waals surface area contributed by atoms with Gasteiger partial charge in [0.25, 0.3) is 0 Å². The number of aryl methyl sites for hydroxylation is 2. The maximum atomic E-state index is 13.0. The third-order valence-electron chi connectivity index (χ3n) is 5.57. The molecule has 2 aliphatic heterocycles. The molecule has 0 aromatic heterocycles. The van der Waals surface area contributed by atoms with Crippen LogP contribution in [0.25, 0.3) is 0 Å². The lowest BCUT2D eigenvalue weighted by atomic mass is 9.95. The molecule has 0 bridgehead atoms. The zero-order chi connectivity index (χ0) is 20.3. The Bertz CT molecular complexity index is 750. The normalized spacial score (nSPS) is 21.7. The van der Waals surface area contributed by atoms with Crippen molar-refractivity contribution >= 4 is 35.8 Å². The monoisotopic (exact) mass is 422 g/mol. The second-order valence-electron chi connectivity index (χ2n) is 7.88. The summed E-state index contributed by atoms with van der Waals surface area (Å²) in [5.74, 6) is -1.21. The average Bonchev–Trinajstić information content (AvgIpc) is 3.06. The lowest BCUT2D eigenvalue weighted by Crippen LogP contribution is -2.48. The molecule has 0 aliphatic carbocycles. The number of amides is 3. The van der Waals surface area contributed by atoms with Crippen LogP contribution in [0.3, 0.4) is 0 Å². The number of hydrogen-bond donors (Lipinski definition) is 2. The molecule has 3 N–H and O–H groups in total. The highest BCUT2D eigenvalue weighted by Crippen LogP contribution is 2.29. The van der Waals surface area contributed by atoms with Crippen molar-refractivity contribution in [2.75, 3.05) is 37.6 Å². The van der Waals surface area contributed by atoms with Crippen LogP contribution in [0, 0.1) is 25.7 Å². The summed E-state index contributed by atoms with van der Waals surface area (Å²) in [6, 6.07) is 6.03. The highest BCUT2D eigenvalue weighted by Gasteiger charge is 2.41. The smallest absolute Gasteiger partial charge is 0.239 e. The number of piperidine rings is 1. The SMILES string of the molecule is Cc1cc(C)cc(N2CCC(C(=O)N3CCCC(C(=O)NCCN)C3)C2=O)c1.Cl. The topological polar surface area (TPSA) is 95.7 Å². The van der Waals surface area contributed by atoms with Crippen LogP contribution in [-0.2, 0) is 14.4 Å². The first kappa shape index (κ1) is 23.2. The van der Waals surface area contributed by atoms with Crippen molar-refractivity contribution in [3.8, 4) is 0 Å². The van der Waals surface area contributed by atoms with E-state index in [0.717, 1.165) is 29.7 Å². The number of likely N-dealkylation sites (tertiary alicyclic amines) is 1. The van der Waals surface area contributed by atoms with Crippen LogP contribution in [0.15, 0.2) is 18.2 Å². The molecule has 2 atom stereocenters. The maximum absolute atomic E-state index is 13.0. The number of carbonyl (C=O) groups excluding carboxylic acids is 3. The van der Waals surface area contributed by atoms with Crippen molar-refractivity contribution in [2.45, 2.75) is 33.1 Å². The molecule has 1 aromatic rings. The van der Waals surface area contributed by atoms with Crippen molar-refractivity contribution in [1.82, 2.24) is 10.2 Å². The first-order chi connectivity index (χ1) is 13.4. The third-order valence-corrected chi connectivity index (χ3v) is 5.57. The van der Waals surface area contributed by atoms with Crippen LogP contribution in [-0.4, -0.2) is 55.3 Å². The van der Waals surface area contributed by atoms with Crippen molar-refractivity contribution in [3.05, 3.63) is 29.3 Å². The van der Waals surface area contributed by atoms with E-state index in [9.17, 15) is 14.4 Å². The first-order valence-corrected chi connectivity index (χ1v) is 10.1. The predicted octanol–water partition coefficient (Wildman–Crippen LogP) is 1.39. The van der Waals surface area contributed by atoms with Gasteiger partial charge in [-0.3, -0.25) is 14.4 Å². The van der Waals surface area contributed by atoms with Crippen molar-refractivity contribution in [1.29, 1.82) is 0 Å². The molecule has 2 saturated heterocycles. The Morgan fingerprint density at radius 2 is 1.83 bits per heavy atom. The van der Waals surface area contributed by atoms with Gasteiger partial charge < -0.3 is 20.9 Å². The van der Waals surface area contributed by atoms with Gasteiger partial charge in [-0.15, -0.1) is 12.4 Å². The fraction of sp³-hybridized carbons (Fsp3) is 0.571. The summed E-state index contributed by atoms with van der Waals surface area (Å²) in [5.41, 5.74) is 8.49. The van der Waals surface area contributed by atoms with E-state index in [-0.39, 0.29) is 36.0 Å². The molecular weight excluding hydrogens is 392 g/mol. The van der Waals surface area contributed by atoms with Crippen LogP contribution >= 0.6 is 12.4 Å². The van der Waals surface area contributed by atoms with Crippen molar-refractivity contribution in [2.24, 2.45) is 17.6 Å². The fourth-order valence-corrected chi connectivity index (χ4v) is 4.22. The van der Waals surface area contributed by atoms with Gasteiger partial charge in [-0.1, -0.05) is 6.07 Å². The minimum Gasteiger partial charge on any atom is -0.355 e. The first-order valence-electron chi connectivity index (χ1n) is 10.1. The molecule has 1 aromatic carbocycles. The Kier molecular flexibility index (Phi) is 8.05. The maximum Gasteiger partial charge on any atom is 0.239 e. The summed E-state index contributed by atoms with van der Waals surface area (Å²) in [7, 11) is 0. The number of rotatable bonds is 5. The predicted molar refractivity (Wildman–Crippen MR) is 115 cm³/mol. The number of carbonyl (C=O) groups is 3. The molecule has 2 aliphatic rings. The van der Waals surface area contributed by atoms with E-state index in [1.165, 1.54) is 0 Å². The van der Waals surface area contributed by atoms with Gasteiger partial charge in [0.2, 0.25) is 17.7 Å². The Hall–Kier alpha value is -2.12. The van der Waals surface area contributed by atoms with Crippen LogP contribution in [0.5, 0.6) is 0 Å². The molecule has 2 heterocycles. The van der Waals surface area contributed by atoms with Crippen LogP contribution in [0.1, 0.15) is 30.4 Å². The van der Waals surface area contributed by atoms with Gasteiger partial charge in [-0.05, 0) is 56.4 Å². The molecular formula is C21H31ClN4O3. The molecule has 29 heavy (non-hydrogen) atoms. The quantitative estimate of drug-likeness (QED) is 0.701. The molecule has 0 spiro atoms. The van der Waals surface area contributed by atoms with E-state index in [4.69, 9.17) is 5.73 Å². The number of nitrogens with one attached hydrogen (secondary N) is 1. The van der Waals surface area contributed by atoms with Gasteiger partial charge in [-0.25, -0.2) is 0 Å². The lowest BCUT2D eigenvalue weighted by molar-refractivity contribution is -0.142. The lowest BCUT2D eigenvalue weighted by Gasteiger charge is -2.33. The third kappa shape index (κ3) is 5.28. The second-order valence-corrected chi connectivity index (χ2v) is 7.88. The summed E-state index contributed by atoms with van der Waals surface area (Å²) in [4.78, 5) is 41.6. The number of hydrogen-bond acceptors (Lipinski definition) is 4. The van der Waals surface area contributed by atoms with E-state index < -0.39 is 5.92 Å². The molecule has 3 amide bonds. The molecule has 3 rings (SSSR count). The molecule has 7 nitrogen and oxygen atoms in total. The summed E-state index contributed by atoms with van der Waals surface area (Å²) in [6.45, 7) is 6.37. The summed E-state index contributed by atoms with van der Waals surface area (Å²) in [5, 5.41) is 2.80. The molecule has 8 heteroatoms. The van der Waals surface area contributed by atoms with E-state index in [0.29, 0.717) is 39.1 Å². The molecule has 160 valence electrons. The van der Waals surface area contributed by atoms with Crippen LogP contribution < -0.4 is 16.0 Å². The highest BCUT2D eigenvalue weighted by atomic mass is 35.5. The number of nitrogens with zero attached hydrogens (tertiary/aromatic N) is 2. The zero-order valence-electron chi connectivity index (χ0n) is 17.1. The zero-order valence-corrected chi connectivity index (χ0v) is 18.0. The molecule has 2 unspecified atom stereocenters. The molecule has 0 radical (unpaired) electrons. The summed E-state index contributed by atoms with van der Waals surface area (Å²) >= 11 is 0. The summed E-state index contributed by atoms with van der Waals surface area (Å²) < 4.78 is 0. The minimum atomic E-state index is -0.647. The number of halogens is 1. The average molecular weight is 423 g/mol.